The Labute approximate surface area is 123 Å². The van der Waals surface area contributed by atoms with Gasteiger partial charge in [0.15, 0.2) is 0 Å². The monoisotopic (exact) mass is 297 g/mol. The molecule has 3 nitrogen and oxygen atoms in total. The summed E-state index contributed by atoms with van der Waals surface area (Å²) in [6.45, 7) is 3.85. The molecular weight excluding hydrogens is 276 g/mol. The first-order valence-electron chi connectivity index (χ1n) is 7.36. The number of carboxylic acid groups (broad SMARTS) is 1. The topological polar surface area (TPSA) is 40.5 Å². The second-order valence-electron chi connectivity index (χ2n) is 5.74. The average Bonchev–Trinajstić information content (AvgIpc) is 2.67. The Hall–Kier alpha value is -1.49. The van der Waals surface area contributed by atoms with Crippen LogP contribution < -0.4 is 0 Å². The second-order valence-corrected chi connectivity index (χ2v) is 5.74. The van der Waals surface area contributed by atoms with Crippen LogP contribution >= 0.6 is 0 Å². The van der Waals surface area contributed by atoms with Crippen LogP contribution in [-0.4, -0.2) is 28.6 Å². The van der Waals surface area contributed by atoms with Crippen LogP contribution in [-0.2, 0) is 4.79 Å². The summed E-state index contributed by atoms with van der Waals surface area (Å²) in [5.74, 6) is -1.83. The van der Waals surface area contributed by atoms with Crippen LogP contribution in [0.5, 0.6) is 0 Å². The van der Waals surface area contributed by atoms with E-state index >= 15 is 0 Å². The van der Waals surface area contributed by atoms with Gasteiger partial charge in [0.25, 0.3) is 0 Å². The minimum Gasteiger partial charge on any atom is -0.480 e. The van der Waals surface area contributed by atoms with Gasteiger partial charge in [0.05, 0.1) is 0 Å². The molecule has 0 amide bonds. The molecule has 5 heteroatoms. The van der Waals surface area contributed by atoms with Crippen molar-refractivity contribution in [3.63, 3.8) is 0 Å². The van der Waals surface area contributed by atoms with E-state index in [0.29, 0.717) is 13.0 Å². The first-order chi connectivity index (χ1) is 9.91. The van der Waals surface area contributed by atoms with Gasteiger partial charge in [-0.3, -0.25) is 9.69 Å². The summed E-state index contributed by atoms with van der Waals surface area (Å²) in [4.78, 5) is 13.2. The molecule has 1 aliphatic heterocycles. The lowest BCUT2D eigenvalue weighted by Crippen LogP contribution is -2.42. The molecule has 0 radical (unpaired) electrons. The summed E-state index contributed by atoms with van der Waals surface area (Å²) in [5, 5.41) is 9.39. The summed E-state index contributed by atoms with van der Waals surface area (Å²) >= 11 is 0. The van der Waals surface area contributed by atoms with E-state index in [1.807, 2.05) is 0 Å². The van der Waals surface area contributed by atoms with Crippen molar-refractivity contribution < 1.29 is 18.7 Å². The molecule has 1 heterocycles. The standard InChI is InChI=1S/C16H21F2NO2/c1-10-8-14(18)12(9-13(10)17)11(2)19-7-5-3-4-6-15(19)16(20)21/h8-9,11,15H,3-7H2,1-2H3,(H,20,21). The van der Waals surface area contributed by atoms with Crippen LogP contribution in [0, 0.1) is 18.6 Å². The highest BCUT2D eigenvalue weighted by atomic mass is 19.1. The highest BCUT2D eigenvalue weighted by Gasteiger charge is 2.32. The lowest BCUT2D eigenvalue weighted by Gasteiger charge is -2.33. The number of carbonyl (C=O) groups is 1. The number of rotatable bonds is 3. The minimum absolute atomic E-state index is 0.228. The summed E-state index contributed by atoms with van der Waals surface area (Å²) < 4.78 is 27.8. The van der Waals surface area contributed by atoms with Crippen LogP contribution in [0.4, 0.5) is 8.78 Å². The van der Waals surface area contributed by atoms with E-state index < -0.39 is 29.7 Å². The Kier molecular flexibility index (Phi) is 4.93. The van der Waals surface area contributed by atoms with E-state index in [1.165, 1.54) is 19.1 Å². The quantitative estimate of drug-likeness (QED) is 0.925. The Morgan fingerprint density at radius 3 is 2.67 bits per heavy atom. The Bertz CT molecular complexity index is 533. The van der Waals surface area contributed by atoms with Gasteiger partial charge in [-0.15, -0.1) is 0 Å². The molecule has 21 heavy (non-hydrogen) atoms. The van der Waals surface area contributed by atoms with Gasteiger partial charge in [0, 0.05) is 11.6 Å². The molecule has 1 aromatic carbocycles. The van der Waals surface area contributed by atoms with Crippen molar-refractivity contribution in [2.45, 2.75) is 51.6 Å². The fourth-order valence-corrected chi connectivity index (χ4v) is 3.02. The number of likely N-dealkylation sites (tertiary alicyclic amines) is 1. The van der Waals surface area contributed by atoms with Gasteiger partial charge < -0.3 is 5.11 Å². The van der Waals surface area contributed by atoms with E-state index in [1.54, 1.807) is 11.8 Å². The number of carboxylic acids is 1. The van der Waals surface area contributed by atoms with E-state index in [4.69, 9.17) is 0 Å². The first kappa shape index (κ1) is 15.9. The van der Waals surface area contributed by atoms with Gasteiger partial charge in [-0.05, 0) is 50.9 Å². The van der Waals surface area contributed by atoms with Crippen LogP contribution in [0.1, 0.15) is 49.8 Å². The van der Waals surface area contributed by atoms with E-state index in [0.717, 1.165) is 19.3 Å². The largest absolute Gasteiger partial charge is 0.480 e. The third kappa shape index (κ3) is 3.40. The predicted molar refractivity (Wildman–Crippen MR) is 76.1 cm³/mol. The molecule has 0 bridgehead atoms. The molecule has 0 aliphatic carbocycles. The van der Waals surface area contributed by atoms with Crippen molar-refractivity contribution in [1.82, 2.24) is 4.90 Å². The van der Waals surface area contributed by atoms with Crippen LogP contribution in [0.2, 0.25) is 0 Å². The maximum absolute atomic E-state index is 14.1. The SMILES string of the molecule is Cc1cc(F)c(C(C)N2CCCCCC2C(=O)O)cc1F. The molecule has 2 rings (SSSR count). The van der Waals surface area contributed by atoms with Crippen molar-refractivity contribution in [1.29, 1.82) is 0 Å². The number of aliphatic carboxylic acids is 1. The fourth-order valence-electron chi connectivity index (χ4n) is 3.02. The van der Waals surface area contributed by atoms with Crippen molar-refractivity contribution in [2.75, 3.05) is 6.54 Å². The van der Waals surface area contributed by atoms with Crippen molar-refractivity contribution >= 4 is 5.97 Å². The highest BCUT2D eigenvalue weighted by molar-refractivity contribution is 5.73. The van der Waals surface area contributed by atoms with Gasteiger partial charge in [0.1, 0.15) is 17.7 Å². The van der Waals surface area contributed by atoms with Crippen LogP contribution in [0.15, 0.2) is 12.1 Å². The van der Waals surface area contributed by atoms with Gasteiger partial charge in [0.2, 0.25) is 0 Å². The Balaban J connectivity index is 2.34. The minimum atomic E-state index is -0.892. The summed E-state index contributed by atoms with van der Waals surface area (Å²) in [6, 6.07) is 1.28. The highest BCUT2D eigenvalue weighted by Crippen LogP contribution is 2.30. The molecule has 0 saturated carbocycles. The molecule has 1 N–H and O–H groups in total. The summed E-state index contributed by atoms with van der Waals surface area (Å²) in [5.41, 5.74) is 0.486. The lowest BCUT2D eigenvalue weighted by molar-refractivity contribution is -0.144. The number of hydrogen-bond acceptors (Lipinski definition) is 2. The molecule has 1 aromatic rings. The number of halogens is 2. The maximum atomic E-state index is 14.1. The molecule has 0 aromatic heterocycles. The smallest absolute Gasteiger partial charge is 0.320 e. The maximum Gasteiger partial charge on any atom is 0.320 e. The Morgan fingerprint density at radius 2 is 2.00 bits per heavy atom. The molecule has 2 unspecified atom stereocenters. The van der Waals surface area contributed by atoms with Gasteiger partial charge in [-0.1, -0.05) is 12.8 Å². The van der Waals surface area contributed by atoms with Crippen molar-refractivity contribution in [3.05, 3.63) is 34.9 Å². The number of hydrogen-bond donors (Lipinski definition) is 1. The van der Waals surface area contributed by atoms with Crippen molar-refractivity contribution in [2.24, 2.45) is 0 Å². The Morgan fingerprint density at radius 1 is 1.29 bits per heavy atom. The summed E-state index contributed by atoms with van der Waals surface area (Å²) in [6.07, 6.45) is 3.25. The van der Waals surface area contributed by atoms with E-state index in [-0.39, 0.29) is 11.1 Å². The molecule has 1 aliphatic rings. The van der Waals surface area contributed by atoms with E-state index in [9.17, 15) is 18.7 Å². The van der Waals surface area contributed by atoms with Gasteiger partial charge >= 0.3 is 5.97 Å². The van der Waals surface area contributed by atoms with Crippen LogP contribution in [0.3, 0.4) is 0 Å². The number of aryl methyl sites for hydroxylation is 1. The van der Waals surface area contributed by atoms with Crippen molar-refractivity contribution in [3.8, 4) is 0 Å². The normalized spacial score (nSPS) is 21.8. The molecule has 1 saturated heterocycles. The average molecular weight is 297 g/mol. The molecule has 0 spiro atoms. The predicted octanol–water partition coefficient (Wildman–Crippen LogP) is 3.66. The lowest BCUT2D eigenvalue weighted by atomic mass is 10.0. The summed E-state index contributed by atoms with van der Waals surface area (Å²) in [7, 11) is 0. The zero-order valence-electron chi connectivity index (χ0n) is 12.4. The zero-order valence-corrected chi connectivity index (χ0v) is 12.4. The third-order valence-corrected chi connectivity index (χ3v) is 4.30. The zero-order chi connectivity index (χ0) is 15.6. The third-order valence-electron chi connectivity index (χ3n) is 4.30. The number of nitrogens with zero attached hydrogens (tertiary/aromatic N) is 1. The van der Waals surface area contributed by atoms with Gasteiger partial charge in [-0.2, -0.15) is 0 Å². The van der Waals surface area contributed by atoms with E-state index in [2.05, 4.69) is 0 Å². The molecular formula is C16H21F2NO2. The van der Waals surface area contributed by atoms with Gasteiger partial charge in [-0.25, -0.2) is 8.78 Å². The van der Waals surface area contributed by atoms with Crippen LogP contribution in [0.25, 0.3) is 0 Å². The first-order valence-corrected chi connectivity index (χ1v) is 7.36. The molecule has 2 atom stereocenters. The molecule has 116 valence electrons. The number of benzene rings is 1. The fraction of sp³-hybridized carbons (Fsp3) is 0.562. The second kappa shape index (κ2) is 6.52. The molecule has 1 fully saturated rings.